The van der Waals surface area contributed by atoms with Crippen LogP contribution in [-0.4, -0.2) is 50.2 Å². The average molecular weight is 515 g/mol. The van der Waals surface area contributed by atoms with Crippen molar-refractivity contribution in [1.82, 2.24) is 0 Å². The number of carbonyl (C=O) groups is 1. The van der Waals surface area contributed by atoms with Gasteiger partial charge in [0.2, 0.25) is 0 Å². The second kappa shape index (κ2) is 18.6. The zero-order valence-electron chi connectivity index (χ0n) is 23.1. The highest BCUT2D eigenvalue weighted by Crippen LogP contribution is 2.24. The summed E-state index contributed by atoms with van der Waals surface area (Å²) in [5, 5.41) is 0. The van der Waals surface area contributed by atoms with E-state index in [-0.39, 0.29) is 5.56 Å². The minimum Gasteiger partial charge on any atom is -0.488 e. The number of likely N-dealkylation sites (N-methyl/N-ethyl adjacent to an activating group) is 1. The highest BCUT2D eigenvalue weighted by Gasteiger charge is 2.39. The molecule has 0 bridgehead atoms. The van der Waals surface area contributed by atoms with Crippen LogP contribution in [0.3, 0.4) is 0 Å². The van der Waals surface area contributed by atoms with Gasteiger partial charge in [0.1, 0.15) is 18.9 Å². The lowest BCUT2D eigenvalue weighted by atomic mass is 10.0. The van der Waals surface area contributed by atoms with Crippen molar-refractivity contribution in [3.63, 3.8) is 0 Å². The van der Waals surface area contributed by atoms with Gasteiger partial charge in [0, 0.05) is 5.56 Å². The summed E-state index contributed by atoms with van der Waals surface area (Å²) in [4.78, 5) is 11.4. The monoisotopic (exact) mass is 514 g/mol. The molecule has 0 aromatic heterocycles. The third-order valence-corrected chi connectivity index (χ3v) is 6.94. The summed E-state index contributed by atoms with van der Waals surface area (Å²) in [6.45, 7) is 4.48. The number of Topliss-reactive ketones (excluding diaryl/α,β-unsaturated/α-hetero) is 1. The Balaban J connectivity index is 2.02. The van der Waals surface area contributed by atoms with Crippen molar-refractivity contribution in [3.8, 4) is 5.75 Å². The molecule has 1 aromatic carbocycles. The molecule has 0 amide bonds. The maximum absolute atomic E-state index is 12.6. The average Bonchev–Trinajstić information content (AvgIpc) is 2.82. The summed E-state index contributed by atoms with van der Waals surface area (Å²) < 4.78 is 44.3. The van der Waals surface area contributed by atoms with E-state index in [2.05, 4.69) is 21.0 Å². The summed E-state index contributed by atoms with van der Waals surface area (Å²) >= 11 is 0. The smallest absolute Gasteiger partial charge is 0.454 e. The van der Waals surface area contributed by atoms with Crippen molar-refractivity contribution >= 4 is 5.78 Å². The SMILES string of the molecule is CCCCCCCCCCCCCCCCCC[N+](C)(C)CCOc1cccc(C(=O)C(F)(F)F)c1. The predicted molar refractivity (Wildman–Crippen MR) is 144 cm³/mol. The molecule has 0 saturated heterocycles. The largest absolute Gasteiger partial charge is 0.488 e. The molecule has 0 aliphatic carbocycles. The molecule has 1 aromatic rings. The molecule has 0 radical (unpaired) electrons. The number of alkyl halides is 3. The molecule has 0 unspecified atom stereocenters. The molecule has 3 nitrogen and oxygen atoms in total. The third-order valence-electron chi connectivity index (χ3n) is 6.94. The maximum atomic E-state index is 12.6. The summed E-state index contributed by atoms with van der Waals surface area (Å²) in [5.74, 6) is -1.54. The Kier molecular flexibility index (Phi) is 16.8. The van der Waals surface area contributed by atoms with Gasteiger partial charge in [0.25, 0.3) is 5.78 Å². The Morgan fingerprint density at radius 1 is 0.750 bits per heavy atom. The molecular formula is C30H51F3NO2+. The minimum absolute atomic E-state index is 0.299. The van der Waals surface area contributed by atoms with Crippen LogP contribution < -0.4 is 4.74 Å². The Bertz CT molecular complexity index is 704. The number of unbranched alkanes of at least 4 members (excludes halogenated alkanes) is 15. The first kappa shape index (κ1) is 32.5. The van der Waals surface area contributed by atoms with Crippen LogP contribution in [-0.2, 0) is 0 Å². The van der Waals surface area contributed by atoms with E-state index >= 15 is 0 Å². The van der Waals surface area contributed by atoms with E-state index in [0.29, 0.717) is 12.4 Å². The molecule has 0 fully saturated rings. The fourth-order valence-electron chi connectivity index (χ4n) is 4.50. The normalized spacial score (nSPS) is 12.2. The number of nitrogens with zero attached hydrogens (tertiary/aromatic N) is 1. The van der Waals surface area contributed by atoms with Gasteiger partial charge in [-0.1, -0.05) is 109 Å². The van der Waals surface area contributed by atoms with Gasteiger partial charge in [0.05, 0.1) is 20.6 Å². The maximum Gasteiger partial charge on any atom is 0.454 e. The van der Waals surface area contributed by atoms with Crippen LogP contribution in [0.5, 0.6) is 5.75 Å². The highest BCUT2D eigenvalue weighted by atomic mass is 19.4. The molecule has 0 atom stereocenters. The molecule has 0 N–H and O–H groups in total. The number of hydrogen-bond donors (Lipinski definition) is 0. The van der Waals surface area contributed by atoms with Crippen LogP contribution in [0.2, 0.25) is 0 Å². The summed E-state index contributed by atoms with van der Waals surface area (Å²) in [6.07, 6.45) is 16.8. The Morgan fingerprint density at radius 2 is 1.22 bits per heavy atom. The molecule has 0 aliphatic heterocycles. The van der Waals surface area contributed by atoms with Gasteiger partial charge in [-0.05, 0) is 25.0 Å². The zero-order chi connectivity index (χ0) is 26.7. The van der Waals surface area contributed by atoms with Gasteiger partial charge in [-0.15, -0.1) is 0 Å². The molecule has 0 aliphatic rings. The van der Waals surface area contributed by atoms with E-state index in [1.165, 1.54) is 121 Å². The van der Waals surface area contributed by atoms with Crippen molar-refractivity contribution in [2.24, 2.45) is 0 Å². The van der Waals surface area contributed by atoms with Crippen LogP contribution >= 0.6 is 0 Å². The van der Waals surface area contributed by atoms with Gasteiger partial charge < -0.3 is 9.22 Å². The van der Waals surface area contributed by atoms with Gasteiger partial charge in [-0.25, -0.2) is 0 Å². The zero-order valence-corrected chi connectivity index (χ0v) is 23.1. The number of ether oxygens (including phenoxy) is 1. The Hall–Kier alpha value is -1.56. The third kappa shape index (κ3) is 16.2. The number of quaternary nitrogens is 1. The lowest BCUT2D eigenvalue weighted by Gasteiger charge is -2.29. The molecule has 0 spiro atoms. The number of halogens is 3. The summed E-state index contributed by atoms with van der Waals surface area (Å²) in [7, 11) is 4.30. The minimum atomic E-state index is -4.87. The first-order valence-corrected chi connectivity index (χ1v) is 14.3. The van der Waals surface area contributed by atoms with Gasteiger partial charge >= 0.3 is 6.18 Å². The first-order valence-electron chi connectivity index (χ1n) is 14.3. The van der Waals surface area contributed by atoms with Crippen molar-refractivity contribution in [1.29, 1.82) is 0 Å². The van der Waals surface area contributed by atoms with Crippen LogP contribution in [0.15, 0.2) is 24.3 Å². The predicted octanol–water partition coefficient (Wildman–Crippen LogP) is 9.15. The molecule has 0 saturated carbocycles. The topological polar surface area (TPSA) is 26.3 Å². The molecule has 36 heavy (non-hydrogen) atoms. The van der Waals surface area contributed by atoms with E-state index in [0.717, 1.165) is 17.6 Å². The Morgan fingerprint density at radius 3 is 1.69 bits per heavy atom. The Labute approximate surface area is 218 Å². The number of carbonyl (C=O) groups excluding carboxylic acids is 1. The molecular weight excluding hydrogens is 463 g/mol. The van der Waals surface area contributed by atoms with Crippen LogP contribution in [0.1, 0.15) is 120 Å². The fourth-order valence-corrected chi connectivity index (χ4v) is 4.50. The number of rotatable bonds is 22. The van der Waals surface area contributed by atoms with E-state index in [9.17, 15) is 18.0 Å². The lowest BCUT2D eigenvalue weighted by molar-refractivity contribution is -0.890. The van der Waals surface area contributed by atoms with E-state index in [4.69, 9.17) is 4.74 Å². The van der Waals surface area contributed by atoms with E-state index in [1.54, 1.807) is 6.07 Å². The van der Waals surface area contributed by atoms with E-state index < -0.39 is 12.0 Å². The van der Waals surface area contributed by atoms with Crippen LogP contribution in [0, 0.1) is 0 Å². The van der Waals surface area contributed by atoms with Crippen LogP contribution in [0.4, 0.5) is 13.2 Å². The van der Waals surface area contributed by atoms with Gasteiger partial charge in [-0.3, -0.25) is 4.79 Å². The fraction of sp³-hybridized carbons (Fsp3) is 0.767. The van der Waals surface area contributed by atoms with Crippen molar-refractivity contribution in [2.45, 2.75) is 116 Å². The second-order valence-corrected chi connectivity index (χ2v) is 10.9. The molecule has 208 valence electrons. The molecule has 6 heteroatoms. The first-order chi connectivity index (χ1) is 17.2. The van der Waals surface area contributed by atoms with E-state index in [1.807, 2.05) is 0 Å². The molecule has 1 rings (SSSR count). The van der Waals surface area contributed by atoms with Gasteiger partial charge in [0.15, 0.2) is 0 Å². The van der Waals surface area contributed by atoms with Gasteiger partial charge in [-0.2, -0.15) is 13.2 Å². The van der Waals surface area contributed by atoms with Crippen molar-refractivity contribution in [2.75, 3.05) is 33.8 Å². The second-order valence-electron chi connectivity index (χ2n) is 10.9. The van der Waals surface area contributed by atoms with Crippen molar-refractivity contribution in [3.05, 3.63) is 29.8 Å². The molecule has 0 heterocycles. The van der Waals surface area contributed by atoms with Crippen molar-refractivity contribution < 1.29 is 27.2 Å². The number of hydrogen-bond acceptors (Lipinski definition) is 2. The quantitative estimate of drug-likeness (QED) is 0.0876. The standard InChI is InChI=1S/C30H51F3NO2/c1-4-5-6-7-8-9-10-11-12-13-14-15-16-17-18-19-23-34(2,3)24-25-36-28-22-20-21-27(26-28)29(35)30(31,32)33/h20-22,26H,4-19,23-25H2,1-3H3/q+1. The number of benzene rings is 1. The lowest BCUT2D eigenvalue weighted by Crippen LogP contribution is -2.43. The highest BCUT2D eigenvalue weighted by molar-refractivity contribution is 6.00. The summed E-state index contributed by atoms with van der Waals surface area (Å²) in [5.41, 5.74) is -0.387. The number of ketones is 1. The van der Waals surface area contributed by atoms with Crippen LogP contribution in [0.25, 0.3) is 0 Å². The summed E-state index contributed by atoms with van der Waals surface area (Å²) in [6, 6.07) is 5.35.